The van der Waals surface area contributed by atoms with Gasteiger partial charge in [0.1, 0.15) is 0 Å². The molecule has 1 saturated carbocycles. The standard InChI is InChI=1S/C14H30N2O/c1-4-15-11-14(8-6-5-7-9-14)12-16(3)10-13(2)17/h13,15,17H,4-12H2,1-3H3. The lowest BCUT2D eigenvalue weighted by Gasteiger charge is -2.40. The first-order chi connectivity index (χ1) is 8.08. The summed E-state index contributed by atoms with van der Waals surface area (Å²) in [6.07, 6.45) is 6.59. The predicted octanol–water partition coefficient (Wildman–Crippen LogP) is 1.86. The molecule has 0 radical (unpaired) electrons. The lowest BCUT2D eigenvalue weighted by Crippen LogP contribution is -2.45. The molecule has 1 fully saturated rings. The van der Waals surface area contributed by atoms with Crippen molar-refractivity contribution < 1.29 is 5.11 Å². The molecule has 3 nitrogen and oxygen atoms in total. The minimum absolute atomic E-state index is 0.222. The van der Waals surface area contributed by atoms with E-state index in [1.807, 2.05) is 6.92 Å². The van der Waals surface area contributed by atoms with Crippen LogP contribution in [0.25, 0.3) is 0 Å². The maximum atomic E-state index is 9.45. The molecule has 0 amide bonds. The number of aliphatic hydroxyl groups is 1. The van der Waals surface area contributed by atoms with Crippen molar-refractivity contribution in [3.05, 3.63) is 0 Å². The number of nitrogens with one attached hydrogen (secondary N) is 1. The van der Waals surface area contributed by atoms with E-state index in [2.05, 4.69) is 24.2 Å². The van der Waals surface area contributed by atoms with Crippen molar-refractivity contribution in [1.82, 2.24) is 10.2 Å². The first-order valence-electron chi connectivity index (χ1n) is 7.15. The van der Waals surface area contributed by atoms with Crippen LogP contribution in [0.2, 0.25) is 0 Å². The highest BCUT2D eigenvalue weighted by molar-refractivity contribution is 4.87. The van der Waals surface area contributed by atoms with Gasteiger partial charge in [0.25, 0.3) is 0 Å². The molecule has 0 aliphatic heterocycles. The number of aliphatic hydroxyl groups excluding tert-OH is 1. The maximum absolute atomic E-state index is 9.45. The highest BCUT2D eigenvalue weighted by Crippen LogP contribution is 2.36. The van der Waals surface area contributed by atoms with E-state index in [9.17, 15) is 5.11 Å². The van der Waals surface area contributed by atoms with Gasteiger partial charge in [-0.3, -0.25) is 0 Å². The molecule has 0 aromatic carbocycles. The van der Waals surface area contributed by atoms with Crippen LogP contribution in [0.3, 0.4) is 0 Å². The summed E-state index contributed by atoms with van der Waals surface area (Å²) in [4.78, 5) is 2.30. The number of likely N-dealkylation sites (N-methyl/N-ethyl adjacent to an activating group) is 1. The maximum Gasteiger partial charge on any atom is 0.0638 e. The van der Waals surface area contributed by atoms with Crippen LogP contribution in [-0.2, 0) is 0 Å². The summed E-state index contributed by atoms with van der Waals surface area (Å²) in [6, 6.07) is 0. The molecule has 2 N–H and O–H groups in total. The van der Waals surface area contributed by atoms with Crippen molar-refractivity contribution in [2.45, 2.75) is 52.1 Å². The molecule has 1 rings (SSSR count). The van der Waals surface area contributed by atoms with E-state index in [1.165, 1.54) is 32.1 Å². The largest absolute Gasteiger partial charge is 0.392 e. The van der Waals surface area contributed by atoms with Crippen molar-refractivity contribution in [2.24, 2.45) is 5.41 Å². The zero-order valence-electron chi connectivity index (χ0n) is 11.8. The second-order valence-electron chi connectivity index (χ2n) is 5.89. The average Bonchev–Trinajstić information content (AvgIpc) is 2.26. The van der Waals surface area contributed by atoms with Gasteiger partial charge in [0.15, 0.2) is 0 Å². The fourth-order valence-electron chi connectivity index (χ4n) is 3.17. The Morgan fingerprint density at radius 2 is 1.94 bits per heavy atom. The van der Waals surface area contributed by atoms with Gasteiger partial charge in [0.05, 0.1) is 6.10 Å². The van der Waals surface area contributed by atoms with Crippen molar-refractivity contribution >= 4 is 0 Å². The second-order valence-corrected chi connectivity index (χ2v) is 5.89. The first kappa shape index (κ1) is 14.9. The lowest BCUT2D eigenvalue weighted by molar-refractivity contribution is 0.0816. The van der Waals surface area contributed by atoms with Gasteiger partial charge < -0.3 is 15.3 Å². The van der Waals surface area contributed by atoms with Crippen LogP contribution in [0, 0.1) is 5.41 Å². The molecule has 0 bridgehead atoms. The minimum atomic E-state index is -0.222. The smallest absolute Gasteiger partial charge is 0.0638 e. The van der Waals surface area contributed by atoms with Crippen molar-refractivity contribution in [2.75, 3.05) is 33.2 Å². The van der Waals surface area contributed by atoms with Crippen molar-refractivity contribution in [3.63, 3.8) is 0 Å². The summed E-state index contributed by atoms with van der Waals surface area (Å²) >= 11 is 0. The molecule has 0 spiro atoms. The van der Waals surface area contributed by atoms with E-state index < -0.39 is 0 Å². The quantitative estimate of drug-likeness (QED) is 0.715. The summed E-state index contributed by atoms with van der Waals surface area (Å²) in [5.41, 5.74) is 0.442. The van der Waals surface area contributed by atoms with E-state index in [0.717, 1.165) is 26.2 Å². The Morgan fingerprint density at radius 1 is 1.29 bits per heavy atom. The third kappa shape index (κ3) is 5.36. The van der Waals surface area contributed by atoms with Crippen LogP contribution in [0.4, 0.5) is 0 Å². The molecule has 3 heteroatoms. The number of hydrogen-bond donors (Lipinski definition) is 2. The van der Waals surface area contributed by atoms with Crippen LogP contribution in [0.15, 0.2) is 0 Å². The topological polar surface area (TPSA) is 35.5 Å². The Morgan fingerprint density at radius 3 is 2.47 bits per heavy atom. The van der Waals surface area contributed by atoms with Gasteiger partial charge in [-0.15, -0.1) is 0 Å². The summed E-state index contributed by atoms with van der Waals surface area (Å²) in [5.74, 6) is 0. The van der Waals surface area contributed by atoms with E-state index in [-0.39, 0.29) is 6.10 Å². The Kier molecular flexibility index (Phi) is 6.45. The summed E-state index contributed by atoms with van der Waals surface area (Å²) in [5, 5.41) is 13.0. The molecule has 0 heterocycles. The van der Waals surface area contributed by atoms with Crippen LogP contribution in [-0.4, -0.2) is 49.3 Å². The zero-order chi connectivity index (χ0) is 12.7. The average molecular weight is 242 g/mol. The Balaban J connectivity index is 2.49. The molecule has 0 aromatic rings. The second kappa shape index (κ2) is 7.34. The molecular formula is C14H30N2O. The van der Waals surface area contributed by atoms with Gasteiger partial charge in [-0.05, 0) is 38.8 Å². The first-order valence-corrected chi connectivity index (χ1v) is 7.15. The van der Waals surface area contributed by atoms with Gasteiger partial charge in [-0.25, -0.2) is 0 Å². The minimum Gasteiger partial charge on any atom is -0.392 e. The normalized spacial score (nSPS) is 21.7. The van der Waals surface area contributed by atoms with Crippen molar-refractivity contribution in [1.29, 1.82) is 0 Å². The Hall–Kier alpha value is -0.120. The Labute approximate surface area is 107 Å². The summed E-state index contributed by atoms with van der Waals surface area (Å²) < 4.78 is 0. The highest BCUT2D eigenvalue weighted by atomic mass is 16.3. The van der Waals surface area contributed by atoms with Gasteiger partial charge in [-0.1, -0.05) is 26.2 Å². The monoisotopic (exact) mass is 242 g/mol. The molecule has 1 atom stereocenters. The molecule has 102 valence electrons. The Bertz CT molecular complexity index is 200. The third-order valence-corrected chi connectivity index (χ3v) is 3.85. The molecule has 1 unspecified atom stereocenters. The molecule has 0 aromatic heterocycles. The van der Waals surface area contributed by atoms with Gasteiger partial charge in [0.2, 0.25) is 0 Å². The number of rotatable bonds is 7. The van der Waals surface area contributed by atoms with E-state index in [1.54, 1.807) is 0 Å². The molecule has 17 heavy (non-hydrogen) atoms. The van der Waals surface area contributed by atoms with E-state index in [4.69, 9.17) is 0 Å². The van der Waals surface area contributed by atoms with E-state index in [0.29, 0.717) is 5.41 Å². The van der Waals surface area contributed by atoms with Gasteiger partial charge >= 0.3 is 0 Å². The number of nitrogens with zero attached hydrogens (tertiary/aromatic N) is 1. The van der Waals surface area contributed by atoms with Crippen LogP contribution in [0.5, 0.6) is 0 Å². The van der Waals surface area contributed by atoms with Gasteiger partial charge in [-0.2, -0.15) is 0 Å². The highest BCUT2D eigenvalue weighted by Gasteiger charge is 2.32. The summed E-state index contributed by atoms with van der Waals surface area (Å²) in [7, 11) is 2.13. The third-order valence-electron chi connectivity index (χ3n) is 3.85. The van der Waals surface area contributed by atoms with Crippen LogP contribution < -0.4 is 5.32 Å². The zero-order valence-corrected chi connectivity index (χ0v) is 11.8. The fourth-order valence-corrected chi connectivity index (χ4v) is 3.17. The molecular weight excluding hydrogens is 212 g/mol. The van der Waals surface area contributed by atoms with E-state index >= 15 is 0 Å². The summed E-state index contributed by atoms with van der Waals surface area (Å²) in [6.45, 7) is 8.14. The lowest BCUT2D eigenvalue weighted by atomic mass is 9.73. The van der Waals surface area contributed by atoms with Crippen molar-refractivity contribution in [3.8, 4) is 0 Å². The van der Waals surface area contributed by atoms with Gasteiger partial charge in [0, 0.05) is 19.6 Å². The van der Waals surface area contributed by atoms with Crippen LogP contribution in [0.1, 0.15) is 46.0 Å². The molecule has 1 aliphatic rings. The van der Waals surface area contributed by atoms with Crippen LogP contribution >= 0.6 is 0 Å². The molecule has 1 aliphatic carbocycles. The predicted molar refractivity (Wildman–Crippen MR) is 73.2 cm³/mol. The SMILES string of the molecule is CCNCC1(CN(C)CC(C)O)CCCCC1. The number of hydrogen-bond acceptors (Lipinski definition) is 3. The molecule has 0 saturated heterocycles. The fraction of sp³-hybridized carbons (Fsp3) is 1.00.